The summed E-state index contributed by atoms with van der Waals surface area (Å²) in [4.78, 5) is 14.4. The van der Waals surface area contributed by atoms with Crippen molar-refractivity contribution in [2.24, 2.45) is 17.8 Å². The zero-order valence-electron chi connectivity index (χ0n) is 15.7. The summed E-state index contributed by atoms with van der Waals surface area (Å²) in [6, 6.07) is 0. The minimum atomic E-state index is -1.81. The van der Waals surface area contributed by atoms with E-state index in [1.54, 1.807) is 0 Å². The smallest absolute Gasteiger partial charge is 0.226 e. The molecule has 1 rings (SSSR count). The van der Waals surface area contributed by atoms with Crippen molar-refractivity contribution in [1.82, 2.24) is 4.90 Å². The van der Waals surface area contributed by atoms with Crippen LogP contribution in [0.4, 0.5) is 0 Å². The van der Waals surface area contributed by atoms with Crippen molar-refractivity contribution < 1.29 is 9.22 Å². The summed E-state index contributed by atoms with van der Waals surface area (Å²) < 4.78 is 6.52. The van der Waals surface area contributed by atoms with E-state index in [1.807, 2.05) is 11.9 Å². The van der Waals surface area contributed by atoms with E-state index >= 15 is 0 Å². The molecule has 3 nitrogen and oxygen atoms in total. The van der Waals surface area contributed by atoms with Crippen molar-refractivity contribution in [3.8, 4) is 0 Å². The molecule has 0 aliphatic carbocycles. The molecule has 1 heterocycles. The van der Waals surface area contributed by atoms with E-state index in [2.05, 4.69) is 61.6 Å². The molecule has 1 saturated heterocycles. The first kappa shape index (κ1) is 18.7. The molecule has 1 aliphatic rings. The fourth-order valence-electron chi connectivity index (χ4n) is 3.28. The van der Waals surface area contributed by atoms with Gasteiger partial charge in [-0.1, -0.05) is 48.5 Å². The SMILES string of the molecule is CC(C)[C@]1(CO[Si](C)(C)C(C)(C)C)[C@@H](C)[C@@H](C)C(=O)N1C. The maximum atomic E-state index is 12.4. The molecule has 1 amide bonds. The van der Waals surface area contributed by atoms with Gasteiger partial charge in [0.15, 0.2) is 8.32 Å². The summed E-state index contributed by atoms with van der Waals surface area (Å²) in [6.45, 7) is 20.7. The number of carbonyl (C=O) groups is 1. The molecule has 3 atom stereocenters. The van der Waals surface area contributed by atoms with Gasteiger partial charge >= 0.3 is 0 Å². The number of likely N-dealkylation sites (N-methyl/N-ethyl adjacent to an activating group) is 1. The Kier molecular flexibility index (Phi) is 5.07. The zero-order chi connectivity index (χ0) is 16.8. The van der Waals surface area contributed by atoms with Gasteiger partial charge in [-0.25, -0.2) is 0 Å². The number of hydrogen-bond acceptors (Lipinski definition) is 2. The Morgan fingerprint density at radius 1 is 1.29 bits per heavy atom. The molecule has 0 aromatic heterocycles. The van der Waals surface area contributed by atoms with Crippen LogP contribution in [-0.2, 0) is 9.22 Å². The maximum absolute atomic E-state index is 12.4. The predicted molar refractivity (Wildman–Crippen MR) is 91.8 cm³/mol. The predicted octanol–water partition coefficient (Wildman–Crippen LogP) is 4.15. The summed E-state index contributed by atoms with van der Waals surface area (Å²) in [7, 11) is 0.149. The van der Waals surface area contributed by atoms with E-state index in [4.69, 9.17) is 4.43 Å². The molecule has 1 fully saturated rings. The van der Waals surface area contributed by atoms with Crippen LogP contribution in [0.5, 0.6) is 0 Å². The first-order chi connectivity index (χ1) is 9.29. The third-order valence-corrected chi connectivity index (χ3v) is 10.8. The second kappa shape index (κ2) is 5.69. The van der Waals surface area contributed by atoms with Crippen LogP contribution in [0, 0.1) is 17.8 Å². The van der Waals surface area contributed by atoms with Crippen LogP contribution in [0.15, 0.2) is 0 Å². The van der Waals surface area contributed by atoms with Crippen LogP contribution >= 0.6 is 0 Å². The van der Waals surface area contributed by atoms with Crippen LogP contribution in [0.2, 0.25) is 18.1 Å². The lowest BCUT2D eigenvalue weighted by Crippen LogP contribution is -2.57. The molecule has 1 aliphatic heterocycles. The molecule has 0 saturated carbocycles. The van der Waals surface area contributed by atoms with E-state index in [0.29, 0.717) is 18.4 Å². The first-order valence-electron chi connectivity index (χ1n) is 8.20. The molecule has 0 aromatic carbocycles. The van der Waals surface area contributed by atoms with Gasteiger partial charge in [0.25, 0.3) is 0 Å². The van der Waals surface area contributed by atoms with Gasteiger partial charge in [0.05, 0.1) is 12.1 Å². The summed E-state index contributed by atoms with van der Waals surface area (Å²) >= 11 is 0. The van der Waals surface area contributed by atoms with Gasteiger partial charge < -0.3 is 9.33 Å². The molecule has 0 N–H and O–H groups in total. The zero-order valence-corrected chi connectivity index (χ0v) is 16.7. The number of nitrogens with zero attached hydrogens (tertiary/aromatic N) is 1. The third-order valence-electron chi connectivity index (χ3n) is 6.35. The van der Waals surface area contributed by atoms with Crippen molar-refractivity contribution in [3.05, 3.63) is 0 Å². The lowest BCUT2D eigenvalue weighted by Gasteiger charge is -2.46. The van der Waals surface area contributed by atoms with Crippen molar-refractivity contribution >= 4 is 14.2 Å². The Labute approximate surface area is 132 Å². The van der Waals surface area contributed by atoms with Crippen molar-refractivity contribution in [2.45, 2.75) is 72.1 Å². The van der Waals surface area contributed by atoms with E-state index in [0.717, 1.165) is 0 Å². The van der Waals surface area contributed by atoms with Gasteiger partial charge in [-0.15, -0.1) is 0 Å². The molecular weight excluding hydrogens is 278 g/mol. The lowest BCUT2D eigenvalue weighted by molar-refractivity contribution is -0.133. The Hall–Kier alpha value is -0.353. The Bertz CT molecular complexity index is 400. The number of likely N-dealkylation sites (tertiary alicyclic amines) is 1. The third kappa shape index (κ3) is 2.94. The lowest BCUT2D eigenvalue weighted by atomic mass is 9.75. The molecular formula is C17H35NO2Si. The second-order valence-electron chi connectivity index (χ2n) is 8.67. The summed E-state index contributed by atoms with van der Waals surface area (Å²) in [5.74, 6) is 1.05. The van der Waals surface area contributed by atoms with Gasteiger partial charge in [0.1, 0.15) is 0 Å². The highest BCUT2D eigenvalue weighted by Gasteiger charge is 2.55. The van der Waals surface area contributed by atoms with E-state index in [-0.39, 0.29) is 22.4 Å². The van der Waals surface area contributed by atoms with Crippen molar-refractivity contribution in [1.29, 1.82) is 0 Å². The van der Waals surface area contributed by atoms with Crippen LogP contribution in [-0.4, -0.2) is 38.3 Å². The van der Waals surface area contributed by atoms with Crippen molar-refractivity contribution in [2.75, 3.05) is 13.7 Å². The Morgan fingerprint density at radius 2 is 1.76 bits per heavy atom. The van der Waals surface area contributed by atoms with Crippen molar-refractivity contribution in [3.63, 3.8) is 0 Å². The Balaban J connectivity index is 3.07. The van der Waals surface area contributed by atoms with Gasteiger partial charge in [-0.2, -0.15) is 0 Å². The molecule has 21 heavy (non-hydrogen) atoms. The second-order valence-corrected chi connectivity index (χ2v) is 13.5. The Morgan fingerprint density at radius 3 is 2.05 bits per heavy atom. The molecule has 0 aromatic rings. The van der Waals surface area contributed by atoms with Crippen LogP contribution < -0.4 is 0 Å². The van der Waals surface area contributed by atoms with E-state index in [9.17, 15) is 4.79 Å². The highest BCUT2D eigenvalue weighted by atomic mass is 28.4. The fraction of sp³-hybridized carbons (Fsp3) is 0.941. The molecule has 4 heteroatoms. The van der Waals surface area contributed by atoms with E-state index in [1.165, 1.54) is 0 Å². The minimum Gasteiger partial charge on any atom is -0.414 e. The number of rotatable bonds is 4. The van der Waals surface area contributed by atoms with Gasteiger partial charge in [-0.3, -0.25) is 4.79 Å². The average molecular weight is 314 g/mol. The number of hydrogen-bond donors (Lipinski definition) is 0. The van der Waals surface area contributed by atoms with E-state index < -0.39 is 8.32 Å². The molecule has 0 spiro atoms. The van der Waals surface area contributed by atoms with Crippen LogP contribution in [0.1, 0.15) is 48.5 Å². The summed E-state index contributed by atoms with van der Waals surface area (Å²) in [5, 5.41) is 0.196. The number of amides is 1. The molecule has 0 bridgehead atoms. The monoisotopic (exact) mass is 313 g/mol. The summed E-state index contributed by atoms with van der Waals surface area (Å²) in [6.07, 6.45) is 0. The first-order valence-corrected chi connectivity index (χ1v) is 11.1. The average Bonchev–Trinajstić information content (AvgIpc) is 2.49. The van der Waals surface area contributed by atoms with Gasteiger partial charge in [0.2, 0.25) is 5.91 Å². The normalized spacial score (nSPS) is 31.4. The highest BCUT2D eigenvalue weighted by molar-refractivity contribution is 6.74. The largest absolute Gasteiger partial charge is 0.414 e. The molecule has 124 valence electrons. The maximum Gasteiger partial charge on any atom is 0.226 e. The topological polar surface area (TPSA) is 29.5 Å². The standard InChI is InChI=1S/C17H35NO2Si/c1-12(2)17(11-20-21(9,10)16(5,6)7)14(4)13(3)15(19)18(17)8/h12-14H,11H2,1-10H3/t13-,14+,17-/m1/s1. The minimum absolute atomic E-state index is 0.0837. The van der Waals surface area contributed by atoms with Gasteiger partial charge in [0, 0.05) is 13.0 Å². The highest BCUT2D eigenvalue weighted by Crippen LogP contribution is 2.45. The molecule has 0 unspecified atom stereocenters. The fourth-order valence-corrected chi connectivity index (χ4v) is 4.31. The quantitative estimate of drug-likeness (QED) is 0.730. The summed E-state index contributed by atoms with van der Waals surface area (Å²) in [5.41, 5.74) is -0.175. The van der Waals surface area contributed by atoms with Gasteiger partial charge in [-0.05, 0) is 30.0 Å². The van der Waals surface area contributed by atoms with Crippen LogP contribution in [0.25, 0.3) is 0 Å². The molecule has 0 radical (unpaired) electrons. The number of carbonyl (C=O) groups excluding carboxylic acids is 1. The van der Waals surface area contributed by atoms with Crippen LogP contribution in [0.3, 0.4) is 0 Å².